The lowest BCUT2D eigenvalue weighted by Crippen LogP contribution is -1.95. The Labute approximate surface area is 82.3 Å². The maximum Gasteiger partial charge on any atom is 0.331 e. The van der Waals surface area contributed by atoms with E-state index in [4.69, 9.17) is 5.11 Å². The van der Waals surface area contributed by atoms with Crippen molar-refractivity contribution in [3.63, 3.8) is 0 Å². The minimum absolute atomic E-state index is 0.326. The summed E-state index contributed by atoms with van der Waals surface area (Å²) in [6, 6.07) is 7.30. The van der Waals surface area contributed by atoms with E-state index in [-0.39, 0.29) is 0 Å². The normalized spacial score (nSPS) is 11.4. The molecule has 0 radical (unpaired) electrons. The largest absolute Gasteiger partial charge is 0.478 e. The molecule has 1 rings (SSSR count). The van der Waals surface area contributed by atoms with Crippen LogP contribution in [0.4, 0.5) is 0 Å². The molecule has 0 aliphatic carbocycles. The molecule has 13 heavy (non-hydrogen) atoms. The maximum absolute atomic E-state index is 10.5. The van der Waals surface area contributed by atoms with Gasteiger partial charge in [0.15, 0.2) is 0 Å². The van der Waals surface area contributed by atoms with Gasteiger partial charge in [-0.2, -0.15) is 0 Å². The van der Waals surface area contributed by atoms with Gasteiger partial charge in [0.25, 0.3) is 0 Å². The Kier molecular flexibility index (Phi) is 3.14. The van der Waals surface area contributed by atoms with Gasteiger partial charge in [-0.15, -0.1) is 12.6 Å². The smallest absolute Gasteiger partial charge is 0.331 e. The van der Waals surface area contributed by atoms with Gasteiger partial charge in [-0.3, -0.25) is 0 Å². The molecule has 0 saturated heterocycles. The summed E-state index contributed by atoms with van der Waals surface area (Å²) in [5.41, 5.74) is 1.20. The zero-order valence-corrected chi connectivity index (χ0v) is 8.08. The summed E-state index contributed by atoms with van der Waals surface area (Å²) >= 11 is 4.13. The summed E-state index contributed by atoms with van der Waals surface area (Å²) in [5, 5.41) is 8.61. The molecular formula is C10H10O2S. The van der Waals surface area contributed by atoms with E-state index in [2.05, 4.69) is 12.6 Å². The van der Waals surface area contributed by atoms with Crippen molar-refractivity contribution in [2.24, 2.45) is 0 Å². The van der Waals surface area contributed by atoms with Crippen LogP contribution in [0.5, 0.6) is 0 Å². The van der Waals surface area contributed by atoms with E-state index in [9.17, 15) is 4.79 Å². The predicted octanol–water partition coefficient (Wildman–Crippen LogP) is 2.46. The van der Waals surface area contributed by atoms with Crippen molar-refractivity contribution < 1.29 is 9.90 Å². The monoisotopic (exact) mass is 194 g/mol. The van der Waals surface area contributed by atoms with E-state index in [0.717, 1.165) is 10.5 Å². The number of hydrogen-bond donors (Lipinski definition) is 2. The summed E-state index contributed by atoms with van der Waals surface area (Å²) in [7, 11) is 0. The van der Waals surface area contributed by atoms with Crippen molar-refractivity contribution in [2.75, 3.05) is 0 Å². The highest BCUT2D eigenvalue weighted by Crippen LogP contribution is 2.11. The van der Waals surface area contributed by atoms with Crippen LogP contribution in [0.15, 0.2) is 34.7 Å². The van der Waals surface area contributed by atoms with Crippen LogP contribution < -0.4 is 0 Å². The Morgan fingerprint density at radius 3 is 2.38 bits per heavy atom. The van der Waals surface area contributed by atoms with Gasteiger partial charge < -0.3 is 5.11 Å². The SMILES string of the molecule is CC(=Cc1ccc(S)cc1)C(=O)O. The fourth-order valence-corrected chi connectivity index (χ4v) is 1.03. The molecule has 0 aliphatic heterocycles. The zero-order valence-electron chi connectivity index (χ0n) is 7.19. The van der Waals surface area contributed by atoms with Crippen molar-refractivity contribution in [3.05, 3.63) is 35.4 Å². The van der Waals surface area contributed by atoms with E-state index in [1.807, 2.05) is 24.3 Å². The molecular weight excluding hydrogens is 184 g/mol. The fraction of sp³-hybridized carbons (Fsp3) is 0.100. The third-order valence-electron chi connectivity index (χ3n) is 1.61. The third kappa shape index (κ3) is 2.95. The molecule has 0 fully saturated rings. The maximum atomic E-state index is 10.5. The van der Waals surface area contributed by atoms with Crippen LogP contribution in [0, 0.1) is 0 Å². The molecule has 0 saturated carbocycles. The average Bonchev–Trinajstić information content (AvgIpc) is 2.08. The van der Waals surface area contributed by atoms with Crippen LogP contribution in [-0.2, 0) is 4.79 Å². The Morgan fingerprint density at radius 2 is 1.92 bits per heavy atom. The Bertz CT molecular complexity index is 338. The minimum atomic E-state index is -0.894. The Morgan fingerprint density at radius 1 is 1.38 bits per heavy atom. The lowest BCUT2D eigenvalue weighted by molar-refractivity contribution is -0.132. The highest BCUT2D eigenvalue weighted by molar-refractivity contribution is 7.80. The molecule has 3 heteroatoms. The fourth-order valence-electron chi connectivity index (χ4n) is 0.882. The van der Waals surface area contributed by atoms with E-state index in [1.165, 1.54) is 0 Å². The Balaban J connectivity index is 2.92. The highest BCUT2D eigenvalue weighted by atomic mass is 32.1. The molecule has 0 bridgehead atoms. The number of rotatable bonds is 2. The molecule has 0 aromatic heterocycles. The van der Waals surface area contributed by atoms with Gasteiger partial charge in [-0.25, -0.2) is 4.79 Å². The molecule has 2 nitrogen and oxygen atoms in total. The summed E-state index contributed by atoms with van der Waals surface area (Å²) in [6.07, 6.45) is 1.62. The van der Waals surface area contributed by atoms with Crippen molar-refractivity contribution in [1.82, 2.24) is 0 Å². The van der Waals surface area contributed by atoms with Gasteiger partial charge in [0.05, 0.1) is 0 Å². The van der Waals surface area contributed by atoms with E-state index < -0.39 is 5.97 Å². The first kappa shape index (κ1) is 9.86. The molecule has 0 unspecified atom stereocenters. The molecule has 68 valence electrons. The second-order valence-electron chi connectivity index (χ2n) is 2.72. The highest BCUT2D eigenvalue weighted by Gasteiger charge is 1.98. The second-order valence-corrected chi connectivity index (χ2v) is 3.24. The number of carbonyl (C=O) groups is 1. The number of aliphatic carboxylic acids is 1. The van der Waals surface area contributed by atoms with Gasteiger partial charge in [-0.05, 0) is 30.7 Å². The lowest BCUT2D eigenvalue weighted by Gasteiger charge is -1.95. The van der Waals surface area contributed by atoms with Crippen LogP contribution >= 0.6 is 12.6 Å². The van der Waals surface area contributed by atoms with E-state index in [1.54, 1.807) is 13.0 Å². The molecule has 0 aliphatic rings. The molecule has 1 aromatic carbocycles. The quantitative estimate of drug-likeness (QED) is 0.560. The third-order valence-corrected chi connectivity index (χ3v) is 1.91. The summed E-state index contributed by atoms with van der Waals surface area (Å²) in [6.45, 7) is 1.57. The zero-order chi connectivity index (χ0) is 9.84. The predicted molar refractivity (Wildman–Crippen MR) is 55.0 cm³/mol. The first-order valence-electron chi connectivity index (χ1n) is 3.80. The summed E-state index contributed by atoms with van der Waals surface area (Å²) in [5.74, 6) is -0.894. The number of hydrogen-bond acceptors (Lipinski definition) is 2. The van der Waals surface area contributed by atoms with Crippen LogP contribution in [0.25, 0.3) is 6.08 Å². The van der Waals surface area contributed by atoms with Crippen molar-refractivity contribution >= 4 is 24.7 Å². The van der Waals surface area contributed by atoms with Crippen LogP contribution in [-0.4, -0.2) is 11.1 Å². The molecule has 1 aromatic rings. The van der Waals surface area contributed by atoms with Crippen molar-refractivity contribution in [1.29, 1.82) is 0 Å². The van der Waals surface area contributed by atoms with Crippen molar-refractivity contribution in [2.45, 2.75) is 11.8 Å². The molecule has 0 amide bonds. The first-order chi connectivity index (χ1) is 6.09. The van der Waals surface area contributed by atoms with Gasteiger partial charge in [0.1, 0.15) is 0 Å². The summed E-state index contributed by atoms with van der Waals surface area (Å²) in [4.78, 5) is 11.4. The first-order valence-corrected chi connectivity index (χ1v) is 4.25. The lowest BCUT2D eigenvalue weighted by atomic mass is 10.1. The minimum Gasteiger partial charge on any atom is -0.478 e. The molecule has 0 heterocycles. The number of carboxylic acid groups (broad SMARTS) is 1. The molecule has 0 spiro atoms. The van der Waals surface area contributed by atoms with Crippen LogP contribution in [0.2, 0.25) is 0 Å². The number of thiol groups is 1. The van der Waals surface area contributed by atoms with Gasteiger partial charge in [-0.1, -0.05) is 12.1 Å². The standard InChI is InChI=1S/C10H10O2S/c1-7(10(11)12)6-8-2-4-9(13)5-3-8/h2-6,13H,1H3,(H,11,12). The average molecular weight is 194 g/mol. The van der Waals surface area contributed by atoms with Gasteiger partial charge in [0.2, 0.25) is 0 Å². The van der Waals surface area contributed by atoms with Gasteiger partial charge >= 0.3 is 5.97 Å². The van der Waals surface area contributed by atoms with E-state index >= 15 is 0 Å². The number of carboxylic acids is 1. The summed E-state index contributed by atoms with van der Waals surface area (Å²) < 4.78 is 0. The second kappa shape index (κ2) is 4.14. The number of benzene rings is 1. The van der Waals surface area contributed by atoms with Crippen molar-refractivity contribution in [3.8, 4) is 0 Å². The van der Waals surface area contributed by atoms with Crippen LogP contribution in [0.3, 0.4) is 0 Å². The topological polar surface area (TPSA) is 37.3 Å². The van der Waals surface area contributed by atoms with Crippen LogP contribution in [0.1, 0.15) is 12.5 Å². The Hall–Kier alpha value is -1.22. The van der Waals surface area contributed by atoms with E-state index in [0.29, 0.717) is 5.57 Å². The molecule has 1 N–H and O–H groups in total. The van der Waals surface area contributed by atoms with Gasteiger partial charge in [0, 0.05) is 10.5 Å². The molecule has 0 atom stereocenters.